The number of hydrogen-bond acceptors (Lipinski definition) is 3. The van der Waals surface area contributed by atoms with Crippen LogP contribution < -0.4 is 9.47 Å². The molecular formula is C26H26O3. The molecule has 0 bridgehead atoms. The number of rotatable bonds is 10. The van der Waals surface area contributed by atoms with Gasteiger partial charge in [0.2, 0.25) is 0 Å². The summed E-state index contributed by atoms with van der Waals surface area (Å²) in [6.07, 6.45) is 7.99. The van der Waals surface area contributed by atoms with E-state index in [-0.39, 0.29) is 0 Å². The van der Waals surface area contributed by atoms with Crippen LogP contribution in [0.5, 0.6) is 11.5 Å². The highest BCUT2D eigenvalue weighted by Gasteiger charge is 2.05. The van der Waals surface area contributed by atoms with Crippen LogP contribution in [-0.4, -0.2) is 13.7 Å². The molecular weight excluding hydrogens is 360 g/mol. The smallest absolute Gasteiger partial charge is 0.161 e. The first-order valence-electron chi connectivity index (χ1n) is 9.65. The number of benzene rings is 3. The highest BCUT2D eigenvalue weighted by Crippen LogP contribution is 2.29. The van der Waals surface area contributed by atoms with Gasteiger partial charge < -0.3 is 14.2 Å². The zero-order chi connectivity index (χ0) is 20.2. The third-order valence-corrected chi connectivity index (χ3v) is 4.29. The molecule has 0 saturated carbocycles. The molecule has 0 spiro atoms. The van der Waals surface area contributed by atoms with Gasteiger partial charge in [-0.1, -0.05) is 91.0 Å². The Bertz CT molecular complexity index is 915. The molecule has 3 rings (SSSR count). The van der Waals surface area contributed by atoms with E-state index in [1.54, 1.807) is 7.11 Å². The second kappa shape index (κ2) is 11.5. The standard InChI is InChI=1S/C26H26O3/c1-27-26-19-22(16-17-25(26)29-21-24-14-7-3-8-15-24)11-9-4-10-18-28-20-23-12-5-2-6-13-23/h2-17,19H,18,20-21H2,1H3/b10-4+,11-9+. The Morgan fingerprint density at radius 1 is 0.724 bits per heavy atom. The second-order valence-corrected chi connectivity index (χ2v) is 6.47. The molecule has 0 fully saturated rings. The van der Waals surface area contributed by atoms with Gasteiger partial charge in [0.05, 0.1) is 20.3 Å². The van der Waals surface area contributed by atoms with Crippen molar-refractivity contribution in [2.24, 2.45) is 0 Å². The van der Waals surface area contributed by atoms with Gasteiger partial charge in [0, 0.05) is 0 Å². The van der Waals surface area contributed by atoms with Crippen LogP contribution >= 0.6 is 0 Å². The van der Waals surface area contributed by atoms with E-state index in [1.807, 2.05) is 91.0 Å². The maximum atomic E-state index is 5.90. The summed E-state index contributed by atoms with van der Waals surface area (Å²) in [5, 5.41) is 0. The van der Waals surface area contributed by atoms with Crippen molar-refractivity contribution in [3.05, 3.63) is 114 Å². The molecule has 148 valence electrons. The van der Waals surface area contributed by atoms with E-state index >= 15 is 0 Å². The lowest BCUT2D eigenvalue weighted by Gasteiger charge is -2.11. The summed E-state index contributed by atoms with van der Waals surface area (Å²) in [4.78, 5) is 0. The molecule has 0 aromatic heterocycles. The first-order chi connectivity index (χ1) is 14.3. The van der Waals surface area contributed by atoms with Crippen LogP contribution in [0, 0.1) is 0 Å². The molecule has 0 radical (unpaired) electrons. The van der Waals surface area contributed by atoms with Crippen LogP contribution in [0.15, 0.2) is 97.1 Å². The average Bonchev–Trinajstić information content (AvgIpc) is 2.78. The molecule has 0 N–H and O–H groups in total. The first-order valence-corrected chi connectivity index (χ1v) is 9.65. The Morgan fingerprint density at radius 3 is 2.10 bits per heavy atom. The maximum absolute atomic E-state index is 5.90. The summed E-state index contributed by atoms with van der Waals surface area (Å²) in [7, 11) is 1.65. The largest absolute Gasteiger partial charge is 0.493 e. The van der Waals surface area contributed by atoms with E-state index < -0.39 is 0 Å². The lowest BCUT2D eigenvalue weighted by Crippen LogP contribution is -1.97. The first kappa shape index (κ1) is 20.4. The molecule has 3 nitrogen and oxygen atoms in total. The Balaban J connectivity index is 1.47. The highest BCUT2D eigenvalue weighted by molar-refractivity contribution is 5.57. The van der Waals surface area contributed by atoms with Crippen molar-refractivity contribution in [1.82, 2.24) is 0 Å². The molecule has 0 aliphatic rings. The molecule has 3 aromatic rings. The summed E-state index contributed by atoms with van der Waals surface area (Å²) < 4.78 is 17.0. The summed E-state index contributed by atoms with van der Waals surface area (Å²) in [6, 6.07) is 26.2. The molecule has 0 aliphatic carbocycles. The predicted molar refractivity (Wildman–Crippen MR) is 118 cm³/mol. The van der Waals surface area contributed by atoms with Crippen molar-refractivity contribution in [2.75, 3.05) is 13.7 Å². The molecule has 29 heavy (non-hydrogen) atoms. The zero-order valence-corrected chi connectivity index (χ0v) is 16.7. The summed E-state index contributed by atoms with van der Waals surface area (Å²) in [6.45, 7) is 1.71. The monoisotopic (exact) mass is 386 g/mol. The Labute approximate surface area is 172 Å². The Morgan fingerprint density at radius 2 is 1.41 bits per heavy atom. The van der Waals surface area contributed by atoms with Gasteiger partial charge in [-0.3, -0.25) is 0 Å². The van der Waals surface area contributed by atoms with Crippen LogP contribution in [0.1, 0.15) is 16.7 Å². The fourth-order valence-electron chi connectivity index (χ4n) is 2.76. The van der Waals surface area contributed by atoms with Crippen LogP contribution in [-0.2, 0) is 18.0 Å². The second-order valence-electron chi connectivity index (χ2n) is 6.47. The van der Waals surface area contributed by atoms with Gasteiger partial charge in [-0.05, 0) is 28.8 Å². The molecule has 3 heteroatoms. The summed E-state index contributed by atoms with van der Waals surface area (Å²) >= 11 is 0. The SMILES string of the molecule is COc1cc(/C=C/C=C/COCc2ccccc2)ccc1OCc1ccccc1. The normalized spacial score (nSPS) is 11.2. The van der Waals surface area contributed by atoms with Gasteiger partial charge >= 0.3 is 0 Å². The number of allylic oxidation sites excluding steroid dienone is 2. The van der Waals surface area contributed by atoms with Crippen molar-refractivity contribution in [3.8, 4) is 11.5 Å². The highest BCUT2D eigenvalue weighted by atomic mass is 16.5. The van der Waals surface area contributed by atoms with E-state index in [2.05, 4.69) is 12.1 Å². The minimum atomic E-state index is 0.512. The molecule has 0 atom stereocenters. The van der Waals surface area contributed by atoms with Gasteiger partial charge in [0.1, 0.15) is 6.61 Å². The van der Waals surface area contributed by atoms with Crippen LogP contribution in [0.25, 0.3) is 6.08 Å². The van der Waals surface area contributed by atoms with E-state index in [1.165, 1.54) is 5.56 Å². The van der Waals surface area contributed by atoms with Crippen molar-refractivity contribution in [3.63, 3.8) is 0 Å². The van der Waals surface area contributed by atoms with Gasteiger partial charge in [0.25, 0.3) is 0 Å². The fraction of sp³-hybridized carbons (Fsp3) is 0.154. The summed E-state index contributed by atoms with van der Waals surface area (Å²) in [5.41, 5.74) is 3.35. The number of ether oxygens (including phenoxy) is 3. The maximum Gasteiger partial charge on any atom is 0.161 e. The lowest BCUT2D eigenvalue weighted by molar-refractivity contribution is 0.148. The molecule has 0 saturated heterocycles. The summed E-state index contributed by atoms with van der Waals surface area (Å²) in [5.74, 6) is 1.46. The fourth-order valence-corrected chi connectivity index (χ4v) is 2.76. The van der Waals surface area contributed by atoms with Gasteiger partial charge in [-0.25, -0.2) is 0 Å². The Hall–Kier alpha value is -3.30. The third-order valence-electron chi connectivity index (χ3n) is 4.29. The third kappa shape index (κ3) is 6.98. The van der Waals surface area contributed by atoms with Gasteiger partial charge in [-0.2, -0.15) is 0 Å². The van der Waals surface area contributed by atoms with Crippen LogP contribution in [0.3, 0.4) is 0 Å². The van der Waals surface area contributed by atoms with Gasteiger partial charge in [-0.15, -0.1) is 0 Å². The molecule has 0 aliphatic heterocycles. The van der Waals surface area contributed by atoms with Crippen molar-refractivity contribution in [2.45, 2.75) is 13.2 Å². The Kier molecular flexibility index (Phi) is 8.12. The van der Waals surface area contributed by atoms with Crippen molar-refractivity contribution >= 4 is 6.08 Å². The van der Waals surface area contributed by atoms with Crippen LogP contribution in [0.2, 0.25) is 0 Å². The predicted octanol–water partition coefficient (Wildman–Crippen LogP) is 6.06. The van der Waals surface area contributed by atoms with E-state index in [4.69, 9.17) is 14.2 Å². The minimum Gasteiger partial charge on any atom is -0.493 e. The van der Waals surface area contributed by atoms with Crippen molar-refractivity contribution < 1.29 is 14.2 Å². The number of methoxy groups -OCH3 is 1. The van der Waals surface area contributed by atoms with Crippen LogP contribution in [0.4, 0.5) is 0 Å². The zero-order valence-electron chi connectivity index (χ0n) is 16.7. The molecule has 0 heterocycles. The minimum absolute atomic E-state index is 0.512. The quantitative estimate of drug-likeness (QED) is 0.313. The van der Waals surface area contributed by atoms with E-state index in [0.29, 0.717) is 19.8 Å². The van der Waals surface area contributed by atoms with E-state index in [9.17, 15) is 0 Å². The molecule has 3 aromatic carbocycles. The average molecular weight is 386 g/mol. The lowest BCUT2D eigenvalue weighted by atomic mass is 10.2. The van der Waals surface area contributed by atoms with E-state index in [0.717, 1.165) is 22.6 Å². The number of hydrogen-bond donors (Lipinski definition) is 0. The molecule has 0 unspecified atom stereocenters. The topological polar surface area (TPSA) is 27.7 Å². The van der Waals surface area contributed by atoms with Gasteiger partial charge in [0.15, 0.2) is 11.5 Å². The van der Waals surface area contributed by atoms with Crippen molar-refractivity contribution in [1.29, 1.82) is 0 Å². The molecule has 0 amide bonds.